The Morgan fingerprint density at radius 2 is 1.70 bits per heavy atom. The second kappa shape index (κ2) is 9.50. The molecule has 3 rings (SSSR count). The molecule has 0 spiro atoms. The minimum absolute atomic E-state index is 0.347. The van der Waals surface area contributed by atoms with E-state index in [9.17, 15) is 9.18 Å². The molecule has 0 bridgehead atoms. The van der Waals surface area contributed by atoms with Crippen LogP contribution in [0, 0.1) is 11.7 Å². The van der Waals surface area contributed by atoms with Crippen molar-refractivity contribution in [1.29, 1.82) is 0 Å². The molecular weight excluding hydrogens is 339 g/mol. The molecule has 0 N–H and O–H groups in total. The number of halogens is 1. The maximum absolute atomic E-state index is 12.9. The second-order valence-corrected chi connectivity index (χ2v) is 7.40. The normalized spacial score (nSPS) is 19.4. The summed E-state index contributed by atoms with van der Waals surface area (Å²) in [6, 6.07) is 13.2. The van der Waals surface area contributed by atoms with E-state index in [-0.39, 0.29) is 5.82 Å². The van der Waals surface area contributed by atoms with Crippen LogP contribution in [-0.4, -0.2) is 5.97 Å². The smallest absolute Gasteiger partial charge is 0.343 e. The van der Waals surface area contributed by atoms with Gasteiger partial charge in [-0.05, 0) is 92.3 Å². The average Bonchev–Trinajstić information content (AvgIpc) is 2.70. The fourth-order valence-electron chi connectivity index (χ4n) is 3.90. The van der Waals surface area contributed by atoms with Gasteiger partial charge in [0.15, 0.2) is 0 Å². The highest BCUT2D eigenvalue weighted by Crippen LogP contribution is 2.37. The van der Waals surface area contributed by atoms with Crippen LogP contribution >= 0.6 is 0 Å². The van der Waals surface area contributed by atoms with Crippen molar-refractivity contribution in [3.8, 4) is 5.75 Å². The summed E-state index contributed by atoms with van der Waals surface area (Å²) in [4.78, 5) is 12.2. The van der Waals surface area contributed by atoms with E-state index in [0.29, 0.717) is 17.2 Å². The van der Waals surface area contributed by atoms with Crippen molar-refractivity contribution in [3.63, 3.8) is 0 Å². The Kier molecular flexibility index (Phi) is 6.80. The van der Waals surface area contributed by atoms with Gasteiger partial charge in [-0.3, -0.25) is 0 Å². The summed E-state index contributed by atoms with van der Waals surface area (Å²) in [6.45, 7) is 3.79. The van der Waals surface area contributed by atoms with E-state index in [4.69, 9.17) is 4.74 Å². The summed E-state index contributed by atoms with van der Waals surface area (Å²) in [5.74, 6) is 1.02. The van der Waals surface area contributed by atoms with E-state index >= 15 is 0 Å². The van der Waals surface area contributed by atoms with Crippen molar-refractivity contribution in [1.82, 2.24) is 0 Å². The molecule has 1 aliphatic carbocycles. The first-order valence-corrected chi connectivity index (χ1v) is 9.84. The Hall–Kier alpha value is -2.42. The minimum Gasteiger partial charge on any atom is -0.423 e. The maximum Gasteiger partial charge on any atom is 0.343 e. The van der Waals surface area contributed by atoms with Gasteiger partial charge < -0.3 is 4.74 Å². The van der Waals surface area contributed by atoms with Crippen molar-refractivity contribution in [2.45, 2.75) is 50.9 Å². The molecule has 0 aromatic heterocycles. The van der Waals surface area contributed by atoms with Gasteiger partial charge in [0.1, 0.15) is 11.6 Å². The van der Waals surface area contributed by atoms with E-state index in [0.717, 1.165) is 12.3 Å². The zero-order valence-corrected chi connectivity index (χ0v) is 15.7. The topological polar surface area (TPSA) is 26.3 Å². The molecule has 0 saturated heterocycles. The molecule has 0 unspecified atom stereocenters. The number of hydrogen-bond acceptors (Lipinski definition) is 2. The first-order valence-electron chi connectivity index (χ1n) is 9.84. The van der Waals surface area contributed by atoms with Crippen LogP contribution in [0.3, 0.4) is 0 Å². The standard InChI is InChI=1S/C24H27FO2/c1-2-3-4-5-18-6-8-19(9-7-18)20-10-12-21(13-11-20)24(26)27-23-16-14-22(25)15-17-23/h2,10-19H,1,3-9H2/t18-,19-. The third-order valence-electron chi connectivity index (χ3n) is 5.51. The van der Waals surface area contributed by atoms with E-state index in [1.165, 1.54) is 68.4 Å². The largest absolute Gasteiger partial charge is 0.423 e. The average molecular weight is 366 g/mol. The highest BCUT2D eigenvalue weighted by Gasteiger charge is 2.22. The number of benzene rings is 2. The van der Waals surface area contributed by atoms with Gasteiger partial charge in [0, 0.05) is 0 Å². The van der Waals surface area contributed by atoms with Crippen LogP contribution < -0.4 is 4.74 Å². The molecule has 0 amide bonds. The molecule has 27 heavy (non-hydrogen) atoms. The molecular formula is C24H27FO2. The molecule has 3 heteroatoms. The fourth-order valence-corrected chi connectivity index (χ4v) is 3.90. The molecule has 0 aliphatic heterocycles. The number of esters is 1. The molecule has 1 aliphatic rings. The molecule has 0 heterocycles. The summed E-state index contributed by atoms with van der Waals surface area (Å²) in [5, 5.41) is 0. The number of hydrogen-bond donors (Lipinski definition) is 0. The van der Waals surface area contributed by atoms with Gasteiger partial charge in [-0.2, -0.15) is 0 Å². The number of ether oxygens (including phenoxy) is 1. The Morgan fingerprint density at radius 3 is 2.33 bits per heavy atom. The predicted octanol–water partition coefficient (Wildman–Crippen LogP) is 6.68. The number of carbonyl (C=O) groups is 1. The molecule has 1 fully saturated rings. The third-order valence-corrected chi connectivity index (χ3v) is 5.51. The van der Waals surface area contributed by atoms with Crippen LogP contribution in [0.25, 0.3) is 0 Å². The molecule has 0 atom stereocenters. The van der Waals surface area contributed by atoms with Gasteiger partial charge in [0.2, 0.25) is 0 Å². The van der Waals surface area contributed by atoms with Crippen LogP contribution in [0.5, 0.6) is 5.75 Å². The van der Waals surface area contributed by atoms with Crippen LogP contribution in [0.15, 0.2) is 61.2 Å². The van der Waals surface area contributed by atoms with Gasteiger partial charge in [-0.1, -0.05) is 24.6 Å². The quantitative estimate of drug-likeness (QED) is 0.237. The highest BCUT2D eigenvalue weighted by atomic mass is 19.1. The monoisotopic (exact) mass is 366 g/mol. The lowest BCUT2D eigenvalue weighted by molar-refractivity contribution is 0.0734. The number of allylic oxidation sites excluding steroid dienone is 1. The Bertz CT molecular complexity index is 741. The molecule has 2 nitrogen and oxygen atoms in total. The van der Waals surface area contributed by atoms with Crippen LogP contribution in [0.4, 0.5) is 4.39 Å². The third kappa shape index (κ3) is 5.53. The number of carbonyl (C=O) groups excluding carboxylic acids is 1. The molecule has 0 radical (unpaired) electrons. The van der Waals surface area contributed by atoms with Gasteiger partial charge in [0.25, 0.3) is 0 Å². The Labute approximate surface area is 161 Å². The fraction of sp³-hybridized carbons (Fsp3) is 0.375. The van der Waals surface area contributed by atoms with Gasteiger partial charge in [0.05, 0.1) is 5.56 Å². The van der Waals surface area contributed by atoms with Gasteiger partial charge in [-0.25, -0.2) is 9.18 Å². The summed E-state index contributed by atoms with van der Waals surface area (Å²) >= 11 is 0. The van der Waals surface area contributed by atoms with Crippen molar-refractivity contribution in [2.75, 3.05) is 0 Å². The number of unbranched alkanes of at least 4 members (excludes halogenated alkanes) is 1. The first kappa shape index (κ1) is 19.3. The predicted molar refractivity (Wildman–Crippen MR) is 107 cm³/mol. The SMILES string of the molecule is C=CCCC[C@H]1CC[C@H](c2ccc(C(=O)Oc3ccc(F)cc3)cc2)CC1. The second-order valence-electron chi connectivity index (χ2n) is 7.40. The summed E-state index contributed by atoms with van der Waals surface area (Å²) in [5.41, 5.74) is 1.82. The lowest BCUT2D eigenvalue weighted by Gasteiger charge is -2.28. The molecule has 2 aromatic rings. The Balaban J connectivity index is 1.52. The van der Waals surface area contributed by atoms with Gasteiger partial charge in [-0.15, -0.1) is 6.58 Å². The van der Waals surface area contributed by atoms with Crippen molar-refractivity contribution < 1.29 is 13.9 Å². The van der Waals surface area contributed by atoms with Crippen molar-refractivity contribution in [3.05, 3.63) is 78.1 Å². The molecule has 2 aromatic carbocycles. The summed E-state index contributed by atoms with van der Waals surface area (Å²) in [6.07, 6.45) is 10.7. The molecule has 1 saturated carbocycles. The van der Waals surface area contributed by atoms with E-state index in [1.807, 2.05) is 30.3 Å². The maximum atomic E-state index is 12.9. The van der Waals surface area contributed by atoms with E-state index < -0.39 is 5.97 Å². The zero-order chi connectivity index (χ0) is 19.1. The summed E-state index contributed by atoms with van der Waals surface area (Å²) in [7, 11) is 0. The highest BCUT2D eigenvalue weighted by molar-refractivity contribution is 5.91. The number of rotatable bonds is 7. The zero-order valence-electron chi connectivity index (χ0n) is 15.7. The lowest BCUT2D eigenvalue weighted by Crippen LogP contribution is -2.14. The van der Waals surface area contributed by atoms with Crippen molar-refractivity contribution >= 4 is 5.97 Å². The minimum atomic E-state index is -0.418. The van der Waals surface area contributed by atoms with Crippen LogP contribution in [-0.2, 0) is 0 Å². The van der Waals surface area contributed by atoms with Gasteiger partial charge >= 0.3 is 5.97 Å². The van der Waals surface area contributed by atoms with Crippen LogP contribution in [0.1, 0.15) is 66.8 Å². The lowest BCUT2D eigenvalue weighted by atomic mass is 9.77. The van der Waals surface area contributed by atoms with Crippen LogP contribution in [0.2, 0.25) is 0 Å². The Morgan fingerprint density at radius 1 is 1.04 bits per heavy atom. The van der Waals surface area contributed by atoms with E-state index in [1.54, 1.807) is 0 Å². The molecule has 142 valence electrons. The first-order chi connectivity index (χ1) is 13.2. The van der Waals surface area contributed by atoms with Crippen molar-refractivity contribution in [2.24, 2.45) is 5.92 Å². The summed E-state index contributed by atoms with van der Waals surface area (Å²) < 4.78 is 18.2. The van der Waals surface area contributed by atoms with E-state index in [2.05, 4.69) is 6.58 Å².